The topological polar surface area (TPSA) is 88.7 Å². The quantitative estimate of drug-likeness (QED) is 0.890. The number of aromatic nitrogens is 1. The molecule has 1 aromatic rings. The molecule has 1 aliphatic heterocycles. The molecule has 0 spiro atoms. The zero-order valence-electron chi connectivity index (χ0n) is 11.6. The SMILES string of the molecule is NCc1ccc(C(F)(F)F)nc1OC1CCN(C(=O)O)CC1. The van der Waals surface area contributed by atoms with Crippen LogP contribution in [-0.2, 0) is 12.7 Å². The number of halogens is 3. The van der Waals surface area contributed by atoms with Gasteiger partial charge >= 0.3 is 12.3 Å². The molecule has 6 nitrogen and oxygen atoms in total. The normalized spacial score (nSPS) is 16.6. The average Bonchev–Trinajstić information content (AvgIpc) is 2.46. The summed E-state index contributed by atoms with van der Waals surface area (Å²) in [5, 5.41) is 8.85. The fraction of sp³-hybridized carbons (Fsp3) is 0.538. The van der Waals surface area contributed by atoms with E-state index in [0.717, 1.165) is 6.07 Å². The molecule has 1 aliphatic rings. The average molecular weight is 319 g/mol. The first kappa shape index (κ1) is 16.3. The van der Waals surface area contributed by atoms with Crippen LogP contribution >= 0.6 is 0 Å². The van der Waals surface area contributed by atoms with Gasteiger partial charge in [0.1, 0.15) is 11.8 Å². The van der Waals surface area contributed by atoms with Gasteiger partial charge in [0, 0.05) is 38.0 Å². The van der Waals surface area contributed by atoms with E-state index in [9.17, 15) is 18.0 Å². The van der Waals surface area contributed by atoms with Gasteiger partial charge in [-0.25, -0.2) is 9.78 Å². The van der Waals surface area contributed by atoms with Gasteiger partial charge in [0.05, 0.1) is 0 Å². The van der Waals surface area contributed by atoms with Crippen molar-refractivity contribution in [2.45, 2.75) is 31.7 Å². The lowest BCUT2D eigenvalue weighted by Gasteiger charge is -2.30. The first-order valence-electron chi connectivity index (χ1n) is 6.73. The van der Waals surface area contributed by atoms with Crippen molar-refractivity contribution in [3.63, 3.8) is 0 Å². The first-order chi connectivity index (χ1) is 10.3. The molecule has 0 atom stereocenters. The van der Waals surface area contributed by atoms with Gasteiger partial charge in [-0.2, -0.15) is 13.2 Å². The van der Waals surface area contributed by atoms with Crippen molar-refractivity contribution in [2.75, 3.05) is 13.1 Å². The number of hydrogen-bond acceptors (Lipinski definition) is 4. The maximum Gasteiger partial charge on any atom is 0.433 e. The number of carbonyl (C=O) groups is 1. The van der Waals surface area contributed by atoms with E-state index >= 15 is 0 Å². The predicted octanol–water partition coefficient (Wildman–Crippen LogP) is 2.08. The van der Waals surface area contributed by atoms with Crippen molar-refractivity contribution in [1.82, 2.24) is 9.88 Å². The Hall–Kier alpha value is -2.03. The van der Waals surface area contributed by atoms with Crippen molar-refractivity contribution in [1.29, 1.82) is 0 Å². The summed E-state index contributed by atoms with van der Waals surface area (Å²) >= 11 is 0. The molecule has 0 unspecified atom stereocenters. The minimum absolute atomic E-state index is 0.00837. The zero-order chi connectivity index (χ0) is 16.3. The Labute approximate surface area is 124 Å². The van der Waals surface area contributed by atoms with Gasteiger partial charge < -0.3 is 20.5 Å². The Bertz CT molecular complexity index is 543. The number of piperidine rings is 1. The highest BCUT2D eigenvalue weighted by molar-refractivity contribution is 5.65. The van der Waals surface area contributed by atoms with Gasteiger partial charge in [-0.05, 0) is 6.07 Å². The molecule has 22 heavy (non-hydrogen) atoms. The number of ether oxygens (including phenoxy) is 1. The second-order valence-electron chi connectivity index (χ2n) is 4.95. The third-order valence-corrected chi connectivity index (χ3v) is 3.44. The van der Waals surface area contributed by atoms with Crippen molar-refractivity contribution < 1.29 is 27.8 Å². The molecule has 0 aliphatic carbocycles. The lowest BCUT2D eigenvalue weighted by Crippen LogP contribution is -2.41. The van der Waals surface area contributed by atoms with Crippen LogP contribution in [0.25, 0.3) is 0 Å². The van der Waals surface area contributed by atoms with Gasteiger partial charge in [0.15, 0.2) is 0 Å². The Morgan fingerprint density at radius 2 is 2.05 bits per heavy atom. The molecule has 0 radical (unpaired) electrons. The second kappa shape index (κ2) is 6.39. The Kier molecular flexibility index (Phi) is 4.74. The summed E-state index contributed by atoms with van der Waals surface area (Å²) in [5.41, 5.74) is 4.83. The number of amides is 1. The van der Waals surface area contributed by atoms with E-state index in [1.54, 1.807) is 0 Å². The van der Waals surface area contributed by atoms with Crippen LogP contribution in [0.2, 0.25) is 0 Å². The smallest absolute Gasteiger partial charge is 0.433 e. The molecular formula is C13H16F3N3O3. The maximum absolute atomic E-state index is 12.7. The van der Waals surface area contributed by atoms with Crippen molar-refractivity contribution in [3.05, 3.63) is 23.4 Å². The minimum Gasteiger partial charge on any atom is -0.474 e. The number of alkyl halides is 3. The van der Waals surface area contributed by atoms with E-state index in [1.165, 1.54) is 11.0 Å². The van der Waals surface area contributed by atoms with Gasteiger partial charge in [-0.3, -0.25) is 0 Å². The second-order valence-corrected chi connectivity index (χ2v) is 4.95. The van der Waals surface area contributed by atoms with Crippen LogP contribution in [0, 0.1) is 0 Å². The summed E-state index contributed by atoms with van der Waals surface area (Å²) in [5.74, 6) is -0.133. The van der Waals surface area contributed by atoms with Crippen LogP contribution in [-0.4, -0.2) is 40.3 Å². The van der Waals surface area contributed by atoms with E-state index < -0.39 is 18.0 Å². The summed E-state index contributed by atoms with van der Waals surface area (Å²) in [6.45, 7) is 0.558. The summed E-state index contributed by atoms with van der Waals surface area (Å²) < 4.78 is 43.6. The zero-order valence-corrected chi connectivity index (χ0v) is 11.6. The summed E-state index contributed by atoms with van der Waals surface area (Å²) in [6.07, 6.45) is -5.16. The highest BCUT2D eigenvalue weighted by Crippen LogP contribution is 2.31. The third kappa shape index (κ3) is 3.79. The highest BCUT2D eigenvalue weighted by atomic mass is 19.4. The number of likely N-dealkylation sites (tertiary alicyclic amines) is 1. The molecule has 0 saturated carbocycles. The van der Waals surface area contributed by atoms with Gasteiger partial charge in [-0.1, -0.05) is 6.07 Å². The molecule has 1 saturated heterocycles. The fourth-order valence-corrected chi connectivity index (χ4v) is 2.21. The van der Waals surface area contributed by atoms with Crippen LogP contribution in [0.1, 0.15) is 24.1 Å². The van der Waals surface area contributed by atoms with Crippen LogP contribution in [0.5, 0.6) is 5.88 Å². The summed E-state index contributed by atoms with van der Waals surface area (Å²) in [4.78, 5) is 15.6. The van der Waals surface area contributed by atoms with E-state index in [0.29, 0.717) is 18.4 Å². The molecule has 3 N–H and O–H groups in total. The molecule has 122 valence electrons. The lowest BCUT2D eigenvalue weighted by molar-refractivity contribution is -0.141. The number of hydrogen-bond donors (Lipinski definition) is 2. The van der Waals surface area contributed by atoms with Crippen LogP contribution in [0.4, 0.5) is 18.0 Å². The lowest BCUT2D eigenvalue weighted by atomic mass is 10.1. The molecule has 1 fully saturated rings. The molecule has 9 heteroatoms. The Morgan fingerprint density at radius 1 is 1.41 bits per heavy atom. The van der Waals surface area contributed by atoms with Crippen LogP contribution < -0.4 is 10.5 Å². The molecule has 2 heterocycles. The molecular weight excluding hydrogens is 303 g/mol. The van der Waals surface area contributed by atoms with Crippen molar-refractivity contribution in [2.24, 2.45) is 5.73 Å². The van der Waals surface area contributed by atoms with Crippen LogP contribution in [0.3, 0.4) is 0 Å². The maximum atomic E-state index is 12.7. The number of carboxylic acid groups (broad SMARTS) is 1. The molecule has 0 bridgehead atoms. The minimum atomic E-state index is -4.56. The number of nitrogens with zero attached hydrogens (tertiary/aromatic N) is 2. The van der Waals surface area contributed by atoms with Crippen molar-refractivity contribution in [3.8, 4) is 5.88 Å². The number of pyridine rings is 1. The Balaban J connectivity index is 2.10. The van der Waals surface area contributed by atoms with E-state index in [4.69, 9.17) is 15.6 Å². The first-order valence-corrected chi connectivity index (χ1v) is 6.73. The van der Waals surface area contributed by atoms with Gasteiger partial charge in [0.25, 0.3) is 0 Å². The summed E-state index contributed by atoms with van der Waals surface area (Å²) in [7, 11) is 0. The van der Waals surface area contributed by atoms with Crippen LogP contribution in [0.15, 0.2) is 12.1 Å². The predicted molar refractivity (Wildman–Crippen MR) is 70.4 cm³/mol. The van der Waals surface area contributed by atoms with Crippen molar-refractivity contribution >= 4 is 6.09 Å². The van der Waals surface area contributed by atoms with E-state index in [-0.39, 0.29) is 31.6 Å². The van der Waals surface area contributed by atoms with Gasteiger partial charge in [0.2, 0.25) is 5.88 Å². The molecule has 1 aromatic heterocycles. The summed E-state index contributed by atoms with van der Waals surface area (Å²) in [6, 6.07) is 2.11. The Morgan fingerprint density at radius 3 is 2.55 bits per heavy atom. The molecule has 0 aromatic carbocycles. The highest BCUT2D eigenvalue weighted by Gasteiger charge is 2.33. The standard InChI is InChI=1S/C13H16F3N3O3/c14-13(15,16)10-2-1-8(7-17)11(18-10)22-9-3-5-19(6-4-9)12(20)21/h1-2,9H,3-7,17H2,(H,20,21). The van der Waals surface area contributed by atoms with E-state index in [1.807, 2.05) is 0 Å². The van der Waals surface area contributed by atoms with Gasteiger partial charge in [-0.15, -0.1) is 0 Å². The molecule has 2 rings (SSSR count). The number of rotatable bonds is 3. The largest absolute Gasteiger partial charge is 0.474 e. The fourth-order valence-electron chi connectivity index (χ4n) is 2.21. The molecule has 1 amide bonds. The number of nitrogens with two attached hydrogens (primary N) is 1. The third-order valence-electron chi connectivity index (χ3n) is 3.44. The monoisotopic (exact) mass is 319 g/mol. The van der Waals surface area contributed by atoms with E-state index in [2.05, 4.69) is 4.98 Å².